The zero-order valence-corrected chi connectivity index (χ0v) is 16.7. The number of hydrogen-bond donors (Lipinski definition) is 0. The summed E-state index contributed by atoms with van der Waals surface area (Å²) in [5, 5.41) is 0. The van der Waals surface area contributed by atoms with Crippen LogP contribution >= 0.6 is 0 Å². The monoisotopic (exact) mass is 335 g/mol. The second-order valence-corrected chi connectivity index (χ2v) is 7.67. The Kier molecular flexibility index (Phi) is 10.0. The quantitative estimate of drug-likeness (QED) is 0.350. The average molecular weight is 336 g/mol. The van der Waals surface area contributed by atoms with Crippen molar-refractivity contribution in [3.8, 4) is 5.75 Å². The highest BCUT2D eigenvalue weighted by Crippen LogP contribution is 2.19. The van der Waals surface area contributed by atoms with Crippen molar-refractivity contribution in [2.75, 3.05) is 27.2 Å². The summed E-state index contributed by atoms with van der Waals surface area (Å²) in [6.07, 6.45) is 10.4. The second kappa shape index (κ2) is 11.5. The Bertz CT molecular complexity index is 457. The van der Waals surface area contributed by atoms with Crippen LogP contribution < -0.4 is 4.74 Å². The molecular weight excluding hydrogens is 296 g/mol. The minimum atomic E-state index is 0.790. The number of quaternary nitrogens is 1. The number of aromatic nitrogens is 1. The molecule has 24 heavy (non-hydrogen) atoms. The molecule has 0 radical (unpaired) electrons. The molecule has 0 spiro atoms. The van der Waals surface area contributed by atoms with E-state index in [4.69, 9.17) is 9.72 Å². The van der Waals surface area contributed by atoms with Gasteiger partial charge in [-0.2, -0.15) is 0 Å². The van der Waals surface area contributed by atoms with Gasteiger partial charge in [0.15, 0.2) is 0 Å². The molecule has 0 aromatic carbocycles. The first-order valence-corrected chi connectivity index (χ1v) is 9.90. The third-order valence-electron chi connectivity index (χ3n) is 4.56. The largest absolute Gasteiger partial charge is 0.492 e. The van der Waals surface area contributed by atoms with E-state index in [2.05, 4.69) is 47.0 Å². The predicted molar refractivity (Wildman–Crippen MR) is 103 cm³/mol. The van der Waals surface area contributed by atoms with Crippen molar-refractivity contribution in [2.24, 2.45) is 0 Å². The number of rotatable bonds is 13. The van der Waals surface area contributed by atoms with Crippen molar-refractivity contribution in [3.63, 3.8) is 0 Å². The van der Waals surface area contributed by atoms with Crippen LogP contribution in [0.15, 0.2) is 12.1 Å². The molecule has 0 aliphatic carbocycles. The van der Waals surface area contributed by atoms with Crippen LogP contribution in [0, 0.1) is 6.92 Å². The van der Waals surface area contributed by atoms with E-state index in [1.165, 1.54) is 50.8 Å². The average Bonchev–Trinajstić information content (AvgIpc) is 2.52. The number of nitrogens with zero attached hydrogens (tertiary/aromatic N) is 2. The summed E-state index contributed by atoms with van der Waals surface area (Å²) in [4.78, 5) is 4.77. The molecule has 0 amide bonds. The molecule has 1 heterocycles. The molecule has 0 aliphatic heterocycles. The second-order valence-electron chi connectivity index (χ2n) is 7.67. The standard InChI is InChI=1S/C21H39N2O/c1-6-8-10-11-12-13-16-23(4,5)18-20-14-15-21(19(3)22-20)24-17-9-7-2/h14-15H,6-13,16-18H2,1-5H3/q+1. The molecule has 1 aromatic rings. The maximum atomic E-state index is 5.81. The van der Waals surface area contributed by atoms with Gasteiger partial charge in [-0.25, -0.2) is 4.98 Å². The van der Waals surface area contributed by atoms with Crippen LogP contribution in [-0.4, -0.2) is 36.7 Å². The van der Waals surface area contributed by atoms with Crippen LogP contribution in [0.4, 0.5) is 0 Å². The Labute approximate surface area is 150 Å². The van der Waals surface area contributed by atoms with Gasteiger partial charge in [0.05, 0.1) is 38.6 Å². The van der Waals surface area contributed by atoms with E-state index in [0.29, 0.717) is 0 Å². The molecule has 138 valence electrons. The van der Waals surface area contributed by atoms with Crippen LogP contribution in [0.5, 0.6) is 5.75 Å². The number of aryl methyl sites for hydroxylation is 1. The van der Waals surface area contributed by atoms with Crippen molar-refractivity contribution < 1.29 is 9.22 Å². The van der Waals surface area contributed by atoms with Crippen LogP contribution in [-0.2, 0) is 6.54 Å². The Hall–Kier alpha value is -1.09. The van der Waals surface area contributed by atoms with Gasteiger partial charge in [-0.3, -0.25) is 0 Å². The van der Waals surface area contributed by atoms with E-state index < -0.39 is 0 Å². The molecular formula is C21H39N2O+. The summed E-state index contributed by atoms with van der Waals surface area (Å²) in [5.41, 5.74) is 2.19. The lowest BCUT2D eigenvalue weighted by Gasteiger charge is -2.29. The third kappa shape index (κ3) is 8.68. The maximum Gasteiger partial charge on any atom is 0.140 e. The van der Waals surface area contributed by atoms with Gasteiger partial charge in [-0.1, -0.05) is 46.0 Å². The molecule has 0 unspecified atom stereocenters. The molecule has 0 bridgehead atoms. The van der Waals surface area contributed by atoms with Crippen molar-refractivity contribution in [2.45, 2.75) is 78.7 Å². The Morgan fingerprint density at radius 3 is 2.25 bits per heavy atom. The Morgan fingerprint density at radius 2 is 1.58 bits per heavy atom. The lowest BCUT2D eigenvalue weighted by atomic mass is 10.1. The minimum absolute atomic E-state index is 0.790. The predicted octanol–water partition coefficient (Wildman–Crippen LogP) is 5.51. The summed E-state index contributed by atoms with van der Waals surface area (Å²) in [6.45, 7) is 9.51. The van der Waals surface area contributed by atoms with Crippen molar-refractivity contribution >= 4 is 0 Å². The first kappa shape index (κ1) is 21.0. The van der Waals surface area contributed by atoms with Crippen molar-refractivity contribution in [1.29, 1.82) is 0 Å². The molecule has 0 fully saturated rings. The smallest absolute Gasteiger partial charge is 0.140 e. The summed E-state index contributed by atoms with van der Waals surface area (Å²) in [5.74, 6) is 0.938. The summed E-state index contributed by atoms with van der Waals surface area (Å²) < 4.78 is 6.82. The maximum absolute atomic E-state index is 5.81. The first-order chi connectivity index (χ1) is 11.5. The summed E-state index contributed by atoms with van der Waals surface area (Å²) in [7, 11) is 4.63. The van der Waals surface area contributed by atoms with E-state index in [-0.39, 0.29) is 0 Å². The highest BCUT2D eigenvalue weighted by Gasteiger charge is 2.17. The zero-order valence-electron chi connectivity index (χ0n) is 16.7. The zero-order chi connectivity index (χ0) is 17.8. The third-order valence-corrected chi connectivity index (χ3v) is 4.56. The van der Waals surface area contributed by atoms with Crippen LogP contribution in [0.2, 0.25) is 0 Å². The molecule has 0 atom stereocenters. The fourth-order valence-corrected chi connectivity index (χ4v) is 3.01. The lowest BCUT2D eigenvalue weighted by molar-refractivity contribution is -0.904. The van der Waals surface area contributed by atoms with Crippen molar-refractivity contribution in [1.82, 2.24) is 4.98 Å². The van der Waals surface area contributed by atoms with E-state index in [0.717, 1.165) is 41.9 Å². The van der Waals surface area contributed by atoms with Gasteiger partial charge < -0.3 is 9.22 Å². The van der Waals surface area contributed by atoms with Gasteiger partial charge in [0, 0.05) is 0 Å². The summed E-state index contributed by atoms with van der Waals surface area (Å²) >= 11 is 0. The fraction of sp³-hybridized carbons (Fsp3) is 0.762. The van der Waals surface area contributed by atoms with Gasteiger partial charge in [0.2, 0.25) is 0 Å². The number of pyridine rings is 1. The number of unbranched alkanes of at least 4 members (excludes halogenated alkanes) is 6. The van der Waals surface area contributed by atoms with Gasteiger partial charge in [-0.05, 0) is 38.3 Å². The van der Waals surface area contributed by atoms with E-state index >= 15 is 0 Å². The first-order valence-electron chi connectivity index (χ1n) is 9.90. The number of ether oxygens (including phenoxy) is 1. The van der Waals surface area contributed by atoms with Crippen LogP contribution in [0.3, 0.4) is 0 Å². The molecule has 3 nitrogen and oxygen atoms in total. The van der Waals surface area contributed by atoms with E-state index in [1.807, 2.05) is 0 Å². The molecule has 0 N–H and O–H groups in total. The molecule has 1 rings (SSSR count). The fourth-order valence-electron chi connectivity index (χ4n) is 3.01. The number of hydrogen-bond acceptors (Lipinski definition) is 2. The highest BCUT2D eigenvalue weighted by atomic mass is 16.5. The topological polar surface area (TPSA) is 22.1 Å². The lowest BCUT2D eigenvalue weighted by Crippen LogP contribution is -2.39. The van der Waals surface area contributed by atoms with Crippen LogP contribution in [0.25, 0.3) is 0 Å². The Balaban J connectivity index is 2.41. The van der Waals surface area contributed by atoms with Gasteiger partial charge in [0.1, 0.15) is 12.3 Å². The molecule has 0 saturated carbocycles. The molecule has 1 aromatic heterocycles. The van der Waals surface area contributed by atoms with E-state index in [9.17, 15) is 0 Å². The van der Waals surface area contributed by atoms with Gasteiger partial charge in [0.25, 0.3) is 0 Å². The molecule has 0 saturated heterocycles. The van der Waals surface area contributed by atoms with Crippen LogP contribution in [0.1, 0.15) is 76.6 Å². The SMILES string of the molecule is CCCCCCCC[N+](C)(C)Cc1ccc(OCCCC)c(C)n1. The van der Waals surface area contributed by atoms with Crippen molar-refractivity contribution in [3.05, 3.63) is 23.5 Å². The van der Waals surface area contributed by atoms with Gasteiger partial charge >= 0.3 is 0 Å². The summed E-state index contributed by atoms with van der Waals surface area (Å²) in [6, 6.07) is 4.23. The highest BCUT2D eigenvalue weighted by molar-refractivity contribution is 5.28. The normalized spacial score (nSPS) is 11.7. The minimum Gasteiger partial charge on any atom is -0.492 e. The molecule has 3 heteroatoms. The van der Waals surface area contributed by atoms with E-state index in [1.54, 1.807) is 0 Å². The van der Waals surface area contributed by atoms with Gasteiger partial charge in [-0.15, -0.1) is 0 Å². The Morgan fingerprint density at radius 1 is 0.917 bits per heavy atom. The molecule has 0 aliphatic rings.